The summed E-state index contributed by atoms with van der Waals surface area (Å²) in [6.07, 6.45) is 2.08. The summed E-state index contributed by atoms with van der Waals surface area (Å²) in [6, 6.07) is 15.2. The Morgan fingerprint density at radius 2 is 1.68 bits per heavy atom. The Morgan fingerprint density at radius 1 is 1.00 bits per heavy atom. The van der Waals surface area contributed by atoms with Gasteiger partial charge in [0, 0.05) is 3.57 Å². The second kappa shape index (κ2) is 6.53. The zero-order valence-corrected chi connectivity index (χ0v) is 13.6. The number of hydrogen-bond donors (Lipinski definition) is 1. The van der Waals surface area contributed by atoms with Gasteiger partial charge in [-0.25, -0.2) is 0 Å². The van der Waals surface area contributed by atoms with Crippen LogP contribution in [0.5, 0.6) is 0 Å². The molecule has 0 heterocycles. The minimum absolute atomic E-state index is 0.0292. The Morgan fingerprint density at radius 3 is 2.26 bits per heavy atom. The van der Waals surface area contributed by atoms with Crippen LogP contribution in [0.4, 0.5) is 0 Å². The summed E-state index contributed by atoms with van der Waals surface area (Å²) in [7, 11) is 0. The van der Waals surface area contributed by atoms with Gasteiger partial charge in [0.15, 0.2) is 0 Å². The highest BCUT2D eigenvalue weighted by Crippen LogP contribution is 2.25. The van der Waals surface area contributed by atoms with Crippen molar-refractivity contribution >= 4 is 22.6 Å². The first-order valence-corrected chi connectivity index (χ1v) is 7.86. The van der Waals surface area contributed by atoms with Gasteiger partial charge in [-0.05, 0) is 69.8 Å². The predicted octanol–water partition coefficient (Wildman–Crippen LogP) is 4.46. The topological polar surface area (TPSA) is 26.0 Å². The maximum absolute atomic E-state index is 6.46. The van der Waals surface area contributed by atoms with E-state index in [1.165, 1.54) is 25.8 Å². The number of nitrogens with two attached hydrogens (primary N) is 1. The van der Waals surface area contributed by atoms with E-state index in [1.54, 1.807) is 0 Å². The molecule has 1 unspecified atom stereocenters. The van der Waals surface area contributed by atoms with Crippen molar-refractivity contribution in [3.8, 4) is 0 Å². The summed E-state index contributed by atoms with van der Waals surface area (Å²) in [5, 5.41) is 0. The molecule has 2 rings (SSSR count). The molecule has 0 bridgehead atoms. The fourth-order valence-corrected chi connectivity index (χ4v) is 2.69. The van der Waals surface area contributed by atoms with Crippen molar-refractivity contribution in [3.63, 3.8) is 0 Å². The SMILES string of the molecule is CCc1ccc(CC)c(C(N)c2ccc(I)cc2)c1. The van der Waals surface area contributed by atoms with Crippen LogP contribution < -0.4 is 5.73 Å². The van der Waals surface area contributed by atoms with Gasteiger partial charge < -0.3 is 5.73 Å². The van der Waals surface area contributed by atoms with Crippen molar-refractivity contribution in [1.29, 1.82) is 0 Å². The van der Waals surface area contributed by atoms with Gasteiger partial charge in [-0.3, -0.25) is 0 Å². The lowest BCUT2D eigenvalue weighted by molar-refractivity contribution is 0.845. The van der Waals surface area contributed by atoms with E-state index in [9.17, 15) is 0 Å². The van der Waals surface area contributed by atoms with E-state index in [0.29, 0.717) is 0 Å². The predicted molar refractivity (Wildman–Crippen MR) is 90.4 cm³/mol. The van der Waals surface area contributed by atoms with Crippen LogP contribution in [-0.2, 0) is 12.8 Å². The molecular formula is C17H20IN. The third-order valence-electron chi connectivity index (χ3n) is 3.56. The third-order valence-corrected chi connectivity index (χ3v) is 4.28. The maximum atomic E-state index is 6.46. The van der Waals surface area contributed by atoms with Crippen molar-refractivity contribution < 1.29 is 0 Å². The van der Waals surface area contributed by atoms with Crippen LogP contribution in [0.3, 0.4) is 0 Å². The molecule has 0 aliphatic carbocycles. The van der Waals surface area contributed by atoms with E-state index in [2.05, 4.69) is 78.9 Å². The number of hydrogen-bond acceptors (Lipinski definition) is 1. The van der Waals surface area contributed by atoms with E-state index in [0.717, 1.165) is 12.8 Å². The first-order chi connectivity index (χ1) is 9.15. The van der Waals surface area contributed by atoms with Gasteiger partial charge in [0.1, 0.15) is 0 Å². The standard InChI is InChI=1S/C17H20IN/c1-3-12-5-6-13(4-2)16(11-12)17(19)14-7-9-15(18)10-8-14/h5-11,17H,3-4,19H2,1-2H3. The van der Waals surface area contributed by atoms with Crippen molar-refractivity contribution in [3.05, 3.63) is 68.3 Å². The number of rotatable bonds is 4. The Labute approximate surface area is 129 Å². The number of aryl methyl sites for hydroxylation is 2. The summed E-state index contributed by atoms with van der Waals surface area (Å²) in [6.45, 7) is 4.37. The highest BCUT2D eigenvalue weighted by Gasteiger charge is 2.13. The smallest absolute Gasteiger partial charge is 0.0554 e. The average molecular weight is 365 g/mol. The van der Waals surface area contributed by atoms with Crippen LogP contribution in [0.1, 0.15) is 42.1 Å². The fourth-order valence-electron chi connectivity index (χ4n) is 2.33. The molecule has 0 radical (unpaired) electrons. The zero-order chi connectivity index (χ0) is 13.8. The largest absolute Gasteiger partial charge is 0.320 e. The molecule has 0 saturated carbocycles. The maximum Gasteiger partial charge on any atom is 0.0554 e. The number of benzene rings is 2. The first-order valence-electron chi connectivity index (χ1n) is 6.78. The van der Waals surface area contributed by atoms with Crippen LogP contribution in [0.2, 0.25) is 0 Å². The molecule has 100 valence electrons. The lowest BCUT2D eigenvalue weighted by Crippen LogP contribution is -2.14. The highest BCUT2D eigenvalue weighted by molar-refractivity contribution is 14.1. The van der Waals surface area contributed by atoms with Gasteiger partial charge in [0.25, 0.3) is 0 Å². The van der Waals surface area contributed by atoms with E-state index in [1.807, 2.05) is 0 Å². The monoisotopic (exact) mass is 365 g/mol. The van der Waals surface area contributed by atoms with Crippen LogP contribution in [0.25, 0.3) is 0 Å². The molecule has 2 aromatic carbocycles. The third kappa shape index (κ3) is 3.37. The second-order valence-corrected chi connectivity index (χ2v) is 6.02. The molecule has 0 aromatic heterocycles. The van der Waals surface area contributed by atoms with Gasteiger partial charge in [-0.15, -0.1) is 0 Å². The van der Waals surface area contributed by atoms with E-state index in [4.69, 9.17) is 5.73 Å². The van der Waals surface area contributed by atoms with Crippen LogP contribution in [0, 0.1) is 3.57 Å². The molecule has 0 aliphatic rings. The lowest BCUT2D eigenvalue weighted by atomic mass is 9.92. The first kappa shape index (κ1) is 14.5. The van der Waals surface area contributed by atoms with Gasteiger partial charge in [-0.2, -0.15) is 0 Å². The van der Waals surface area contributed by atoms with E-state index >= 15 is 0 Å². The summed E-state index contributed by atoms with van der Waals surface area (Å²) in [4.78, 5) is 0. The minimum atomic E-state index is -0.0292. The molecule has 2 aromatic rings. The van der Waals surface area contributed by atoms with Crippen LogP contribution in [-0.4, -0.2) is 0 Å². The van der Waals surface area contributed by atoms with E-state index < -0.39 is 0 Å². The molecule has 1 nitrogen and oxygen atoms in total. The Balaban J connectivity index is 2.41. The molecule has 0 spiro atoms. The molecule has 2 N–H and O–H groups in total. The Bertz CT molecular complexity index is 546. The number of halogens is 1. The molecule has 19 heavy (non-hydrogen) atoms. The van der Waals surface area contributed by atoms with Crippen molar-refractivity contribution in [1.82, 2.24) is 0 Å². The average Bonchev–Trinajstić information content (AvgIpc) is 2.46. The quantitative estimate of drug-likeness (QED) is 0.796. The summed E-state index contributed by atoms with van der Waals surface area (Å²) < 4.78 is 1.24. The second-order valence-electron chi connectivity index (χ2n) is 4.77. The molecule has 0 amide bonds. The molecule has 0 aliphatic heterocycles. The zero-order valence-electron chi connectivity index (χ0n) is 11.5. The summed E-state index contributed by atoms with van der Waals surface area (Å²) in [5.74, 6) is 0. The van der Waals surface area contributed by atoms with Crippen LogP contribution >= 0.6 is 22.6 Å². The highest BCUT2D eigenvalue weighted by atomic mass is 127. The molecular weight excluding hydrogens is 345 g/mol. The minimum Gasteiger partial charge on any atom is -0.320 e. The van der Waals surface area contributed by atoms with Crippen molar-refractivity contribution in [2.24, 2.45) is 5.73 Å². The lowest BCUT2D eigenvalue weighted by Gasteiger charge is -2.18. The molecule has 1 atom stereocenters. The Hall–Kier alpha value is -0.870. The van der Waals surface area contributed by atoms with Gasteiger partial charge >= 0.3 is 0 Å². The normalized spacial score (nSPS) is 12.4. The van der Waals surface area contributed by atoms with Gasteiger partial charge in [-0.1, -0.05) is 44.2 Å². The van der Waals surface area contributed by atoms with Crippen LogP contribution in [0.15, 0.2) is 42.5 Å². The molecule has 0 fully saturated rings. The molecule has 0 saturated heterocycles. The fraction of sp³-hybridized carbons (Fsp3) is 0.294. The molecule has 2 heteroatoms. The Kier molecular flexibility index (Phi) is 4.99. The van der Waals surface area contributed by atoms with Crippen molar-refractivity contribution in [2.45, 2.75) is 32.7 Å². The summed E-state index contributed by atoms with van der Waals surface area (Å²) in [5.41, 5.74) is 11.6. The van der Waals surface area contributed by atoms with Gasteiger partial charge in [0.05, 0.1) is 6.04 Å². The van der Waals surface area contributed by atoms with Crippen molar-refractivity contribution in [2.75, 3.05) is 0 Å². The summed E-state index contributed by atoms with van der Waals surface area (Å²) >= 11 is 2.32. The van der Waals surface area contributed by atoms with Gasteiger partial charge in [0.2, 0.25) is 0 Å². The van der Waals surface area contributed by atoms with E-state index in [-0.39, 0.29) is 6.04 Å².